The van der Waals surface area contributed by atoms with Gasteiger partial charge >= 0.3 is 11.7 Å². The van der Waals surface area contributed by atoms with Crippen molar-refractivity contribution < 1.29 is 18.5 Å². The van der Waals surface area contributed by atoms with E-state index in [2.05, 4.69) is 30.9 Å². The Kier molecular flexibility index (Phi) is 7.80. The fourth-order valence-corrected chi connectivity index (χ4v) is 4.96. The molecule has 3 rings (SSSR count). The summed E-state index contributed by atoms with van der Waals surface area (Å²) in [7, 11) is 1.34. The Morgan fingerprint density at radius 2 is 1.94 bits per heavy atom. The van der Waals surface area contributed by atoms with Crippen LogP contribution >= 0.6 is 0 Å². The minimum Gasteiger partial charge on any atom is -0.574 e. The van der Waals surface area contributed by atoms with Gasteiger partial charge in [0.25, 0.3) is 0 Å². The quantitative estimate of drug-likeness (QED) is 0.269. The summed E-state index contributed by atoms with van der Waals surface area (Å²) in [4.78, 5) is 26.6. The second-order valence-electron chi connectivity index (χ2n) is 9.61. The molecule has 0 spiro atoms. The predicted octanol–water partition coefficient (Wildman–Crippen LogP) is 4.59. The van der Waals surface area contributed by atoms with Gasteiger partial charge in [0, 0.05) is 43.1 Å². The molecule has 1 aromatic heterocycles. The summed E-state index contributed by atoms with van der Waals surface area (Å²) in [6.07, 6.45) is -0.213. The number of fused-ring (bicyclic) bond motifs is 1. The average Bonchev–Trinajstić information content (AvgIpc) is 2.75. The molecule has 8 nitrogen and oxygen atoms in total. The van der Waals surface area contributed by atoms with E-state index in [1.54, 1.807) is 38.4 Å². The van der Waals surface area contributed by atoms with E-state index in [-0.39, 0.29) is 0 Å². The molecule has 3 aromatic rings. The summed E-state index contributed by atoms with van der Waals surface area (Å²) in [6.45, 7) is 12.7. The number of hydrogen-bond acceptors (Lipinski definition) is 7. The Balaban J connectivity index is 2.15. The fraction of sp³-hybridized carbons (Fsp3) is 0.280. The summed E-state index contributed by atoms with van der Waals surface area (Å²) in [5, 5.41) is 6.99. The third kappa shape index (κ3) is 6.15. The molecule has 186 valence electrons. The lowest BCUT2D eigenvalue weighted by molar-refractivity contribution is 0.172. The summed E-state index contributed by atoms with van der Waals surface area (Å²) in [5.74, 6) is 0.312. The van der Waals surface area contributed by atoms with Crippen LogP contribution in [-0.4, -0.2) is 37.7 Å². The molecule has 0 aliphatic rings. The molecule has 0 bridgehead atoms. The highest BCUT2D eigenvalue weighted by atomic mass is 32.2. The molecule has 0 aliphatic carbocycles. The van der Waals surface area contributed by atoms with Crippen LogP contribution in [0.1, 0.15) is 22.3 Å². The van der Waals surface area contributed by atoms with Crippen molar-refractivity contribution in [3.05, 3.63) is 75.7 Å². The highest BCUT2D eigenvalue weighted by Gasteiger charge is 2.25. The zero-order valence-corrected chi connectivity index (χ0v) is 22.7. The maximum absolute atomic E-state index is 13.0. The van der Waals surface area contributed by atoms with Gasteiger partial charge in [-0.05, 0) is 36.2 Å². The van der Waals surface area contributed by atoms with Crippen LogP contribution in [0.3, 0.4) is 0 Å². The minimum atomic E-state index is -1.85. The normalized spacial score (nSPS) is 12.3. The van der Waals surface area contributed by atoms with E-state index in [4.69, 9.17) is 14.3 Å². The number of benzene rings is 2. The molecule has 0 fully saturated rings. The number of nitrogens with one attached hydrogen (secondary N) is 1. The van der Waals surface area contributed by atoms with Gasteiger partial charge in [-0.3, -0.25) is 0 Å². The van der Waals surface area contributed by atoms with Gasteiger partial charge in [-0.2, -0.15) is 4.72 Å². The maximum Gasteiger partial charge on any atom is 0.414 e. The minimum absolute atomic E-state index is 0.312. The van der Waals surface area contributed by atoms with E-state index >= 15 is 0 Å². The Morgan fingerprint density at radius 1 is 1.26 bits per heavy atom. The molecule has 0 aliphatic heterocycles. The summed E-state index contributed by atoms with van der Waals surface area (Å²) in [6, 6.07) is 10.7. The SMILES string of the molecule is C=C(c1cc2c(C)c(Cc3cccc(N[S+](N)[O-])c3)c(=O)oc2cc1OC(=O)N(C)C)[Si](C)(C)C. The number of amides is 1. The smallest absolute Gasteiger partial charge is 0.414 e. The van der Waals surface area contributed by atoms with E-state index in [1.165, 1.54) is 4.90 Å². The first-order valence-electron chi connectivity index (χ1n) is 11.0. The number of nitrogens with zero attached hydrogens (tertiary/aromatic N) is 1. The number of nitrogens with two attached hydrogens (primary N) is 1. The molecule has 35 heavy (non-hydrogen) atoms. The van der Waals surface area contributed by atoms with Crippen LogP contribution < -0.4 is 20.2 Å². The molecule has 2 aromatic carbocycles. The number of carbonyl (C=O) groups excluding carboxylic acids is 1. The first-order chi connectivity index (χ1) is 16.3. The third-order valence-electron chi connectivity index (χ3n) is 5.71. The third-order valence-corrected chi connectivity index (χ3v) is 8.22. The van der Waals surface area contributed by atoms with Gasteiger partial charge in [-0.15, -0.1) is 5.14 Å². The molecule has 3 N–H and O–H groups in total. The van der Waals surface area contributed by atoms with Crippen molar-refractivity contribution in [3.8, 4) is 5.75 Å². The first kappa shape index (κ1) is 26.5. The zero-order chi connectivity index (χ0) is 26.1. The van der Waals surface area contributed by atoms with Crippen LogP contribution in [0.25, 0.3) is 16.2 Å². The Hall–Kier alpha value is -3.05. The van der Waals surface area contributed by atoms with Crippen LogP contribution in [0.5, 0.6) is 5.75 Å². The number of hydrogen-bond donors (Lipinski definition) is 2. The molecule has 1 heterocycles. The Labute approximate surface area is 209 Å². The van der Waals surface area contributed by atoms with Crippen LogP contribution in [0, 0.1) is 6.92 Å². The lowest BCUT2D eigenvalue weighted by Crippen LogP contribution is -2.27. The van der Waals surface area contributed by atoms with Crippen molar-refractivity contribution in [1.29, 1.82) is 0 Å². The molecule has 0 saturated heterocycles. The van der Waals surface area contributed by atoms with E-state index in [0.717, 1.165) is 27.3 Å². The number of ether oxygens (including phenoxy) is 1. The van der Waals surface area contributed by atoms with Crippen LogP contribution in [0.4, 0.5) is 10.5 Å². The molecule has 0 radical (unpaired) electrons. The molecule has 1 atom stereocenters. The van der Waals surface area contributed by atoms with Crippen molar-refractivity contribution >= 4 is 47.6 Å². The fourth-order valence-electron chi connectivity index (χ4n) is 3.60. The second kappa shape index (κ2) is 10.3. The van der Waals surface area contributed by atoms with E-state index < -0.39 is 31.3 Å². The number of rotatable bonds is 7. The van der Waals surface area contributed by atoms with Crippen molar-refractivity contribution in [3.63, 3.8) is 0 Å². The number of carbonyl (C=O) groups is 1. The van der Waals surface area contributed by atoms with Crippen LogP contribution in [0.15, 0.2) is 52.2 Å². The number of aryl methyl sites for hydroxylation is 1. The van der Waals surface area contributed by atoms with E-state index in [9.17, 15) is 14.1 Å². The molecule has 1 unspecified atom stereocenters. The lowest BCUT2D eigenvalue weighted by atomic mass is 9.98. The van der Waals surface area contributed by atoms with Crippen LogP contribution in [0.2, 0.25) is 19.6 Å². The summed E-state index contributed by atoms with van der Waals surface area (Å²) in [5.41, 5.74) is 3.28. The molecule has 1 amide bonds. The highest BCUT2D eigenvalue weighted by molar-refractivity contribution is 7.90. The Bertz CT molecular complexity index is 1350. The van der Waals surface area contributed by atoms with Gasteiger partial charge in [-0.1, -0.05) is 43.5 Å². The van der Waals surface area contributed by atoms with Crippen molar-refractivity contribution in [2.45, 2.75) is 33.0 Å². The van der Waals surface area contributed by atoms with Gasteiger partial charge in [0.05, 0.1) is 13.8 Å². The maximum atomic E-state index is 13.0. The van der Waals surface area contributed by atoms with Gasteiger partial charge < -0.3 is 18.6 Å². The monoisotopic (exact) mass is 513 g/mol. The molecular weight excluding hydrogens is 482 g/mol. The average molecular weight is 514 g/mol. The van der Waals surface area contributed by atoms with E-state index in [0.29, 0.717) is 29.0 Å². The van der Waals surface area contributed by atoms with Gasteiger partial charge in [-0.25, -0.2) is 9.59 Å². The molecule has 10 heteroatoms. The van der Waals surface area contributed by atoms with Crippen LogP contribution in [-0.2, 0) is 18.0 Å². The summed E-state index contributed by atoms with van der Waals surface area (Å²) < 4.78 is 25.3. The van der Waals surface area contributed by atoms with Crippen molar-refractivity contribution in [2.24, 2.45) is 5.14 Å². The zero-order valence-electron chi connectivity index (χ0n) is 20.9. The molecular formula is C25H31N3O5SSi. The molecule has 0 saturated carbocycles. The summed E-state index contributed by atoms with van der Waals surface area (Å²) >= 11 is -1.70. The second-order valence-corrected chi connectivity index (χ2v) is 15.5. The predicted molar refractivity (Wildman–Crippen MR) is 145 cm³/mol. The van der Waals surface area contributed by atoms with E-state index in [1.807, 2.05) is 19.1 Å². The first-order valence-corrected chi connectivity index (χ1v) is 15.7. The number of anilines is 1. The lowest BCUT2D eigenvalue weighted by Gasteiger charge is -2.23. The highest BCUT2D eigenvalue weighted by Crippen LogP contribution is 2.36. The van der Waals surface area contributed by atoms with Crippen molar-refractivity contribution in [1.82, 2.24) is 4.90 Å². The van der Waals surface area contributed by atoms with Gasteiger partial charge in [0.15, 0.2) is 11.5 Å². The largest absolute Gasteiger partial charge is 0.574 e. The topological polar surface area (TPSA) is 121 Å². The van der Waals surface area contributed by atoms with Gasteiger partial charge in [0.1, 0.15) is 11.3 Å². The van der Waals surface area contributed by atoms with Gasteiger partial charge in [0.2, 0.25) is 0 Å². The standard InChI is InChI=1S/C25H31N3O5SSi/c1-15-19-13-21(16(2)35(5,6)7)23(33-25(30)28(3)4)14-22(19)32-24(29)20(15)12-17-9-8-10-18(11-17)27-34(26)31/h8-11,13-14,27H,2,12,26H2,1,3-7H3. The Morgan fingerprint density at radius 3 is 2.54 bits per heavy atom. The van der Waals surface area contributed by atoms with Crippen molar-refractivity contribution in [2.75, 3.05) is 18.8 Å².